The molecule has 2 heterocycles. The summed E-state index contributed by atoms with van der Waals surface area (Å²) in [5.41, 5.74) is 4.04. The molecule has 1 fully saturated rings. The smallest absolute Gasteiger partial charge is 0.211 e. The monoisotopic (exact) mass is 334 g/mol. The van der Waals surface area contributed by atoms with Crippen molar-refractivity contribution in [1.82, 2.24) is 9.88 Å². The molecule has 1 aromatic heterocycles. The maximum Gasteiger partial charge on any atom is 0.211 e. The number of aryl methyl sites for hydroxylation is 1. The van der Waals surface area contributed by atoms with Gasteiger partial charge in [-0.15, -0.1) is 0 Å². The van der Waals surface area contributed by atoms with E-state index < -0.39 is 0 Å². The van der Waals surface area contributed by atoms with Crippen molar-refractivity contribution >= 4 is 11.6 Å². The molecule has 0 unspecified atom stereocenters. The molecular formula is C20H18N2O3. The lowest BCUT2D eigenvalue weighted by Crippen LogP contribution is -2.39. The van der Waals surface area contributed by atoms with Gasteiger partial charge in [-0.3, -0.25) is 14.6 Å². The Labute approximate surface area is 145 Å². The lowest BCUT2D eigenvalue weighted by molar-refractivity contribution is 0.0501. The number of fused-ring (bicyclic) bond motifs is 1. The predicted molar refractivity (Wildman–Crippen MR) is 93.5 cm³/mol. The Morgan fingerprint density at radius 2 is 1.76 bits per heavy atom. The second-order valence-corrected chi connectivity index (χ2v) is 6.30. The molecule has 4 rings (SSSR count). The highest BCUT2D eigenvalue weighted by atomic mass is 16.5. The zero-order valence-electron chi connectivity index (χ0n) is 14.0. The van der Waals surface area contributed by atoms with Crippen molar-refractivity contribution in [2.75, 3.05) is 26.3 Å². The summed E-state index contributed by atoms with van der Waals surface area (Å²) < 4.78 is 5.32. The van der Waals surface area contributed by atoms with Crippen LogP contribution in [0.25, 0.3) is 11.3 Å². The molecule has 1 saturated heterocycles. The Hall–Kier alpha value is -2.79. The molecular weight excluding hydrogens is 316 g/mol. The SMILES string of the molecule is Cc1ccc(-c2cc3c(cn2)C(=O)C(N2CCOCC2)=CC3=O)cc1. The van der Waals surface area contributed by atoms with Gasteiger partial charge in [-0.05, 0) is 13.0 Å². The first kappa shape index (κ1) is 15.7. The molecule has 5 heteroatoms. The van der Waals surface area contributed by atoms with Crippen molar-refractivity contribution < 1.29 is 14.3 Å². The Morgan fingerprint density at radius 3 is 2.48 bits per heavy atom. The molecule has 5 nitrogen and oxygen atoms in total. The van der Waals surface area contributed by atoms with E-state index >= 15 is 0 Å². The number of hydrogen-bond acceptors (Lipinski definition) is 5. The fraction of sp³-hybridized carbons (Fsp3) is 0.250. The minimum atomic E-state index is -0.146. The van der Waals surface area contributed by atoms with Crippen LogP contribution in [0.4, 0.5) is 0 Å². The van der Waals surface area contributed by atoms with Crippen LogP contribution in [0.5, 0.6) is 0 Å². The van der Waals surface area contributed by atoms with Crippen molar-refractivity contribution in [3.05, 3.63) is 65.0 Å². The fourth-order valence-electron chi connectivity index (χ4n) is 3.17. The standard InChI is InChI=1S/C20H18N2O3/c1-13-2-4-14(5-3-13)17-10-15-16(12-21-17)20(24)18(11-19(15)23)22-6-8-25-9-7-22/h2-5,10-12H,6-9H2,1H3. The Morgan fingerprint density at radius 1 is 1.04 bits per heavy atom. The molecule has 25 heavy (non-hydrogen) atoms. The summed E-state index contributed by atoms with van der Waals surface area (Å²) in [5.74, 6) is -0.286. The van der Waals surface area contributed by atoms with Crippen LogP contribution in [0.3, 0.4) is 0 Å². The van der Waals surface area contributed by atoms with Gasteiger partial charge in [0, 0.05) is 36.5 Å². The molecule has 0 N–H and O–H groups in total. The normalized spacial score (nSPS) is 17.3. The summed E-state index contributed by atoms with van der Waals surface area (Å²) in [5, 5.41) is 0. The largest absolute Gasteiger partial charge is 0.378 e. The Bertz CT molecular complexity index is 878. The lowest BCUT2D eigenvalue weighted by Gasteiger charge is -2.31. The molecule has 0 atom stereocenters. The number of Topliss-reactive ketones (excluding diaryl/α,β-unsaturated/α-hetero) is 1. The van der Waals surface area contributed by atoms with Gasteiger partial charge in [-0.2, -0.15) is 0 Å². The second kappa shape index (κ2) is 6.26. The fourth-order valence-corrected chi connectivity index (χ4v) is 3.17. The summed E-state index contributed by atoms with van der Waals surface area (Å²) >= 11 is 0. The number of carbonyl (C=O) groups is 2. The number of allylic oxidation sites excluding steroid dienone is 2. The Balaban J connectivity index is 1.70. The third-order valence-corrected chi connectivity index (χ3v) is 4.61. The molecule has 2 aromatic rings. The number of morpholine rings is 1. The van der Waals surface area contributed by atoms with Crippen LogP contribution in [0.2, 0.25) is 0 Å². The van der Waals surface area contributed by atoms with E-state index in [9.17, 15) is 9.59 Å². The maximum absolute atomic E-state index is 12.8. The third kappa shape index (κ3) is 2.87. The van der Waals surface area contributed by atoms with Crippen molar-refractivity contribution in [1.29, 1.82) is 0 Å². The highest BCUT2D eigenvalue weighted by molar-refractivity contribution is 6.24. The van der Waals surface area contributed by atoms with E-state index in [1.165, 1.54) is 12.3 Å². The van der Waals surface area contributed by atoms with E-state index in [4.69, 9.17) is 4.74 Å². The number of carbonyl (C=O) groups excluding carboxylic acids is 2. The van der Waals surface area contributed by atoms with Crippen LogP contribution in [0.1, 0.15) is 26.3 Å². The van der Waals surface area contributed by atoms with E-state index in [-0.39, 0.29) is 11.6 Å². The quantitative estimate of drug-likeness (QED) is 0.845. The minimum absolute atomic E-state index is 0.139. The highest BCUT2D eigenvalue weighted by Crippen LogP contribution is 2.27. The molecule has 1 aromatic carbocycles. The van der Waals surface area contributed by atoms with E-state index in [2.05, 4.69) is 4.98 Å². The number of rotatable bonds is 2. The van der Waals surface area contributed by atoms with Gasteiger partial charge in [0.15, 0.2) is 5.78 Å². The van der Waals surface area contributed by atoms with Crippen LogP contribution >= 0.6 is 0 Å². The first-order valence-corrected chi connectivity index (χ1v) is 8.34. The molecule has 1 aliphatic heterocycles. The van der Waals surface area contributed by atoms with Gasteiger partial charge in [-0.1, -0.05) is 29.8 Å². The van der Waals surface area contributed by atoms with Crippen LogP contribution in [0.15, 0.2) is 48.3 Å². The summed E-state index contributed by atoms with van der Waals surface area (Å²) in [6.45, 7) is 4.39. The van der Waals surface area contributed by atoms with Crippen molar-refractivity contribution in [3.63, 3.8) is 0 Å². The molecule has 0 saturated carbocycles. The number of pyridine rings is 1. The van der Waals surface area contributed by atoms with Crippen molar-refractivity contribution in [3.8, 4) is 11.3 Å². The molecule has 0 amide bonds. The number of ketones is 2. The van der Waals surface area contributed by atoms with Crippen LogP contribution in [-0.4, -0.2) is 47.8 Å². The maximum atomic E-state index is 12.8. The summed E-state index contributed by atoms with van der Waals surface area (Å²) in [4.78, 5) is 31.7. The molecule has 1 aliphatic carbocycles. The molecule has 0 radical (unpaired) electrons. The molecule has 0 bridgehead atoms. The first-order chi connectivity index (χ1) is 12.1. The number of benzene rings is 1. The van der Waals surface area contributed by atoms with Gasteiger partial charge < -0.3 is 9.64 Å². The van der Waals surface area contributed by atoms with Crippen molar-refractivity contribution in [2.45, 2.75) is 6.92 Å². The van der Waals surface area contributed by atoms with Crippen LogP contribution in [0, 0.1) is 6.92 Å². The zero-order chi connectivity index (χ0) is 17.4. The molecule has 126 valence electrons. The van der Waals surface area contributed by atoms with Gasteiger partial charge in [0.2, 0.25) is 5.78 Å². The lowest BCUT2D eigenvalue weighted by atomic mass is 9.92. The predicted octanol–water partition coefficient (Wildman–Crippen LogP) is 2.65. The second-order valence-electron chi connectivity index (χ2n) is 6.30. The van der Waals surface area contributed by atoms with Crippen molar-refractivity contribution in [2.24, 2.45) is 0 Å². The molecule has 0 spiro atoms. The van der Waals surface area contributed by atoms with Gasteiger partial charge in [0.1, 0.15) is 0 Å². The average Bonchev–Trinajstić information content (AvgIpc) is 2.65. The van der Waals surface area contributed by atoms with Gasteiger partial charge in [0.25, 0.3) is 0 Å². The van der Waals surface area contributed by atoms with E-state index in [0.29, 0.717) is 48.8 Å². The van der Waals surface area contributed by atoms with E-state index in [1.807, 2.05) is 36.1 Å². The number of nitrogens with zero attached hydrogens (tertiary/aromatic N) is 2. The van der Waals surface area contributed by atoms with E-state index in [1.54, 1.807) is 6.07 Å². The summed E-state index contributed by atoms with van der Waals surface area (Å²) in [6.07, 6.45) is 2.98. The van der Waals surface area contributed by atoms with Crippen LogP contribution in [-0.2, 0) is 4.74 Å². The average molecular weight is 334 g/mol. The minimum Gasteiger partial charge on any atom is -0.378 e. The highest BCUT2D eigenvalue weighted by Gasteiger charge is 2.30. The summed E-state index contributed by atoms with van der Waals surface area (Å²) in [7, 11) is 0. The zero-order valence-corrected chi connectivity index (χ0v) is 14.0. The number of ether oxygens (including phenoxy) is 1. The third-order valence-electron chi connectivity index (χ3n) is 4.61. The van der Waals surface area contributed by atoms with Crippen LogP contribution < -0.4 is 0 Å². The van der Waals surface area contributed by atoms with Gasteiger partial charge >= 0.3 is 0 Å². The molecule has 2 aliphatic rings. The topological polar surface area (TPSA) is 59.5 Å². The first-order valence-electron chi connectivity index (χ1n) is 8.34. The van der Waals surface area contributed by atoms with Gasteiger partial charge in [0.05, 0.1) is 30.2 Å². The number of aromatic nitrogens is 1. The number of hydrogen-bond donors (Lipinski definition) is 0. The van der Waals surface area contributed by atoms with Gasteiger partial charge in [-0.25, -0.2) is 0 Å². The summed E-state index contributed by atoms with van der Waals surface area (Å²) in [6, 6.07) is 9.65. The van der Waals surface area contributed by atoms with E-state index in [0.717, 1.165) is 11.1 Å². The Kier molecular flexibility index (Phi) is 3.93.